The molecule has 1 aromatic carbocycles. The summed E-state index contributed by atoms with van der Waals surface area (Å²) >= 11 is 0. The van der Waals surface area contributed by atoms with E-state index in [9.17, 15) is 18.4 Å². The van der Waals surface area contributed by atoms with Gasteiger partial charge in [0.05, 0.1) is 0 Å². The maximum absolute atomic E-state index is 12.6. The number of nitrogens with one attached hydrogen (secondary N) is 2. The summed E-state index contributed by atoms with van der Waals surface area (Å²) in [6, 6.07) is 2.37. The van der Waals surface area contributed by atoms with Gasteiger partial charge in [-0.3, -0.25) is 15.0 Å². The number of hydrazine groups is 1. The van der Waals surface area contributed by atoms with Crippen molar-refractivity contribution in [3.05, 3.63) is 29.8 Å². The van der Waals surface area contributed by atoms with E-state index in [1.807, 2.05) is 5.32 Å². The third-order valence-electron chi connectivity index (χ3n) is 1.46. The second-order valence-electron chi connectivity index (χ2n) is 2.59. The molecule has 0 fully saturated rings. The third-order valence-corrected chi connectivity index (χ3v) is 1.46. The van der Waals surface area contributed by atoms with Crippen molar-refractivity contribution < 1.29 is 18.4 Å². The quantitative estimate of drug-likeness (QED) is 0.264. The van der Waals surface area contributed by atoms with Crippen molar-refractivity contribution in [1.29, 1.82) is 0 Å². The van der Waals surface area contributed by atoms with E-state index in [0.717, 1.165) is 12.1 Å². The third kappa shape index (κ3) is 2.99. The summed E-state index contributed by atoms with van der Waals surface area (Å²) in [5.74, 6) is 0.733. The van der Waals surface area contributed by atoms with E-state index in [1.54, 1.807) is 5.43 Å². The summed E-state index contributed by atoms with van der Waals surface area (Å²) in [5, 5.41) is 1.96. The van der Waals surface area contributed by atoms with Gasteiger partial charge in [-0.25, -0.2) is 14.6 Å². The fourth-order valence-corrected chi connectivity index (χ4v) is 0.879. The lowest BCUT2D eigenvalue weighted by Gasteiger charge is -2.03. The van der Waals surface area contributed by atoms with Crippen LogP contribution in [-0.2, 0) is 9.59 Å². The summed E-state index contributed by atoms with van der Waals surface area (Å²) in [7, 11) is 0. The first kappa shape index (κ1) is 11.1. The van der Waals surface area contributed by atoms with Crippen molar-refractivity contribution in [3.8, 4) is 0 Å². The lowest BCUT2D eigenvalue weighted by atomic mass is 10.3. The van der Waals surface area contributed by atoms with Crippen molar-refractivity contribution in [3.63, 3.8) is 0 Å². The first-order valence-corrected chi connectivity index (χ1v) is 3.81. The molecule has 80 valence electrons. The van der Waals surface area contributed by atoms with E-state index in [2.05, 4.69) is 5.84 Å². The molecule has 7 heteroatoms. The van der Waals surface area contributed by atoms with Gasteiger partial charge in [-0.15, -0.1) is 0 Å². The summed E-state index contributed by atoms with van der Waals surface area (Å²) in [6.45, 7) is 0. The number of hydrogen-bond donors (Lipinski definition) is 3. The molecule has 15 heavy (non-hydrogen) atoms. The van der Waals surface area contributed by atoms with Gasteiger partial charge in [-0.2, -0.15) is 0 Å². The van der Waals surface area contributed by atoms with Crippen molar-refractivity contribution in [2.24, 2.45) is 5.84 Å². The first-order chi connectivity index (χ1) is 7.02. The maximum Gasteiger partial charge on any atom is 0.323 e. The summed E-state index contributed by atoms with van der Waals surface area (Å²) in [5.41, 5.74) is 1.41. The Balaban J connectivity index is 2.81. The molecule has 2 amide bonds. The van der Waals surface area contributed by atoms with Crippen molar-refractivity contribution in [2.45, 2.75) is 0 Å². The number of nitrogens with two attached hydrogens (primary N) is 1. The number of benzene rings is 1. The molecule has 0 bridgehead atoms. The van der Waals surface area contributed by atoms with Gasteiger partial charge >= 0.3 is 11.8 Å². The second-order valence-corrected chi connectivity index (χ2v) is 2.59. The van der Waals surface area contributed by atoms with Crippen LogP contribution in [0.2, 0.25) is 0 Å². The molecular weight excluding hydrogens is 208 g/mol. The van der Waals surface area contributed by atoms with Crippen LogP contribution in [0.25, 0.3) is 0 Å². The number of anilines is 1. The fraction of sp³-hybridized carbons (Fsp3) is 0. The molecule has 0 saturated heterocycles. The minimum Gasteiger partial charge on any atom is -0.318 e. The average Bonchev–Trinajstić information content (AvgIpc) is 2.14. The smallest absolute Gasteiger partial charge is 0.318 e. The van der Waals surface area contributed by atoms with Crippen LogP contribution in [0.15, 0.2) is 18.2 Å². The fourth-order valence-electron chi connectivity index (χ4n) is 0.879. The van der Waals surface area contributed by atoms with Crippen molar-refractivity contribution in [1.82, 2.24) is 5.43 Å². The Morgan fingerprint density at radius 1 is 1.07 bits per heavy atom. The minimum atomic E-state index is -1.11. The lowest BCUT2D eigenvalue weighted by Crippen LogP contribution is -2.39. The second kappa shape index (κ2) is 4.47. The highest BCUT2D eigenvalue weighted by molar-refractivity contribution is 6.39. The zero-order valence-corrected chi connectivity index (χ0v) is 7.38. The van der Waals surface area contributed by atoms with Crippen LogP contribution in [0.3, 0.4) is 0 Å². The van der Waals surface area contributed by atoms with Crippen LogP contribution in [0.1, 0.15) is 0 Å². The molecule has 5 nitrogen and oxygen atoms in total. The highest BCUT2D eigenvalue weighted by atomic mass is 19.1. The molecule has 0 atom stereocenters. The normalized spacial score (nSPS) is 9.53. The van der Waals surface area contributed by atoms with Crippen LogP contribution in [0.5, 0.6) is 0 Å². The number of rotatable bonds is 1. The van der Waals surface area contributed by atoms with Gasteiger partial charge in [-0.1, -0.05) is 0 Å². The number of amides is 2. The number of hydrogen-bond acceptors (Lipinski definition) is 3. The molecule has 0 unspecified atom stereocenters. The van der Waals surface area contributed by atoms with Crippen LogP contribution in [-0.4, -0.2) is 11.8 Å². The Kier molecular flexibility index (Phi) is 3.29. The Morgan fingerprint density at radius 3 is 2.07 bits per heavy atom. The van der Waals surface area contributed by atoms with E-state index in [0.29, 0.717) is 6.07 Å². The summed E-state index contributed by atoms with van der Waals surface area (Å²) in [6.07, 6.45) is 0. The van der Waals surface area contributed by atoms with Crippen molar-refractivity contribution in [2.75, 3.05) is 5.32 Å². The SMILES string of the molecule is NNC(=O)C(=O)Nc1cc(F)cc(F)c1. The molecule has 0 spiro atoms. The summed E-state index contributed by atoms with van der Waals surface area (Å²) < 4.78 is 25.3. The average molecular weight is 215 g/mol. The van der Waals surface area contributed by atoms with Crippen LogP contribution in [0.4, 0.5) is 14.5 Å². The molecule has 0 aliphatic rings. The van der Waals surface area contributed by atoms with Gasteiger partial charge in [0, 0.05) is 11.8 Å². The van der Waals surface area contributed by atoms with E-state index in [-0.39, 0.29) is 5.69 Å². The van der Waals surface area contributed by atoms with Gasteiger partial charge in [0.2, 0.25) is 0 Å². The van der Waals surface area contributed by atoms with Crippen molar-refractivity contribution >= 4 is 17.5 Å². The maximum atomic E-state index is 12.6. The molecule has 0 saturated carbocycles. The van der Waals surface area contributed by atoms with Crippen LogP contribution >= 0.6 is 0 Å². The van der Waals surface area contributed by atoms with E-state index < -0.39 is 23.4 Å². The molecule has 0 aliphatic carbocycles. The van der Waals surface area contributed by atoms with E-state index in [4.69, 9.17) is 0 Å². The molecule has 0 aromatic heterocycles. The molecule has 1 rings (SSSR count). The van der Waals surface area contributed by atoms with Gasteiger partial charge < -0.3 is 5.32 Å². The largest absolute Gasteiger partial charge is 0.323 e. The minimum absolute atomic E-state index is 0.166. The predicted octanol–water partition coefficient (Wildman–Crippen LogP) is -0.107. The topological polar surface area (TPSA) is 84.2 Å². The summed E-state index contributed by atoms with van der Waals surface area (Å²) in [4.78, 5) is 21.6. The number of carbonyl (C=O) groups is 2. The van der Waals surface area contributed by atoms with E-state index >= 15 is 0 Å². The molecule has 0 aliphatic heterocycles. The highest BCUT2D eigenvalue weighted by Crippen LogP contribution is 2.12. The number of carbonyl (C=O) groups excluding carboxylic acids is 2. The Hall–Kier alpha value is -2.02. The van der Waals surface area contributed by atoms with Gasteiger partial charge in [-0.05, 0) is 12.1 Å². The predicted molar refractivity (Wildman–Crippen MR) is 47.3 cm³/mol. The molecule has 0 heterocycles. The first-order valence-electron chi connectivity index (χ1n) is 3.81. The monoisotopic (exact) mass is 215 g/mol. The Morgan fingerprint density at radius 2 is 1.60 bits per heavy atom. The van der Waals surface area contributed by atoms with E-state index in [1.165, 1.54) is 0 Å². The molecule has 4 N–H and O–H groups in total. The van der Waals surface area contributed by atoms with Gasteiger partial charge in [0.25, 0.3) is 0 Å². The highest BCUT2D eigenvalue weighted by Gasteiger charge is 2.12. The van der Waals surface area contributed by atoms with Gasteiger partial charge in [0.15, 0.2) is 0 Å². The molecule has 1 aromatic rings. The zero-order chi connectivity index (χ0) is 11.4. The molecular formula is C8H7F2N3O2. The van der Waals surface area contributed by atoms with Crippen LogP contribution < -0.4 is 16.6 Å². The van der Waals surface area contributed by atoms with Gasteiger partial charge in [0.1, 0.15) is 11.6 Å². The zero-order valence-electron chi connectivity index (χ0n) is 7.38. The standard InChI is InChI=1S/C8H7F2N3O2/c9-4-1-5(10)3-6(2-4)12-7(14)8(15)13-11/h1-3H,11H2,(H,12,14)(H,13,15). The van der Waals surface area contributed by atoms with Crippen LogP contribution in [0, 0.1) is 11.6 Å². The lowest BCUT2D eigenvalue weighted by molar-refractivity contribution is -0.136. The Bertz CT molecular complexity index is 389. The Labute approximate surface area is 83.2 Å². The molecule has 0 radical (unpaired) electrons. The number of halogens is 2.